The predicted octanol–water partition coefficient (Wildman–Crippen LogP) is 4.52. The molecule has 0 amide bonds. The molecule has 0 saturated heterocycles. The molecule has 0 bridgehead atoms. The molecule has 0 aliphatic rings. The van der Waals surface area contributed by atoms with Gasteiger partial charge in [-0.15, -0.1) is 0 Å². The minimum absolute atomic E-state index is 0.648. The fourth-order valence-corrected chi connectivity index (χ4v) is 2.58. The van der Waals surface area contributed by atoms with Gasteiger partial charge in [0, 0.05) is 16.4 Å². The molecule has 0 spiro atoms. The first kappa shape index (κ1) is 13.9. The molecule has 0 fully saturated rings. The van der Waals surface area contributed by atoms with Crippen LogP contribution in [0.3, 0.4) is 0 Å². The van der Waals surface area contributed by atoms with Crippen molar-refractivity contribution in [3.05, 3.63) is 56.6 Å². The second-order valence-corrected chi connectivity index (χ2v) is 6.24. The molecule has 3 rings (SSSR count). The summed E-state index contributed by atoms with van der Waals surface area (Å²) in [7, 11) is 0. The maximum Gasteiger partial charge on any atom is 0.155 e. The minimum Gasteiger partial charge on any atom is -0.379 e. The van der Waals surface area contributed by atoms with Gasteiger partial charge in [0.1, 0.15) is 4.60 Å². The van der Waals surface area contributed by atoms with Crippen molar-refractivity contribution < 1.29 is 0 Å². The van der Waals surface area contributed by atoms with Crippen LogP contribution in [0.1, 0.15) is 5.69 Å². The minimum atomic E-state index is 0.648. The Bertz CT molecular complexity index is 772. The maximum atomic E-state index is 6.07. The van der Waals surface area contributed by atoms with Crippen LogP contribution in [-0.2, 0) is 6.54 Å². The van der Waals surface area contributed by atoms with Crippen LogP contribution in [-0.4, -0.2) is 14.4 Å². The van der Waals surface area contributed by atoms with E-state index in [1.165, 1.54) is 0 Å². The summed E-state index contributed by atoms with van der Waals surface area (Å²) in [6.07, 6.45) is 5.45. The Morgan fingerprint density at radius 1 is 1.20 bits per heavy atom. The van der Waals surface area contributed by atoms with Gasteiger partial charge in [0.05, 0.1) is 29.7 Å². The molecule has 1 aromatic carbocycles. The smallest absolute Gasteiger partial charge is 0.155 e. The normalized spacial score (nSPS) is 10.9. The first-order valence-electron chi connectivity index (χ1n) is 5.80. The summed E-state index contributed by atoms with van der Waals surface area (Å²) < 4.78 is 3.65. The first-order chi connectivity index (χ1) is 9.63. The van der Waals surface area contributed by atoms with E-state index < -0.39 is 0 Å². The van der Waals surface area contributed by atoms with Crippen molar-refractivity contribution in [1.82, 2.24) is 14.4 Å². The van der Waals surface area contributed by atoms with Crippen molar-refractivity contribution in [2.45, 2.75) is 6.54 Å². The van der Waals surface area contributed by atoms with Crippen LogP contribution in [0.2, 0.25) is 5.02 Å². The van der Waals surface area contributed by atoms with Gasteiger partial charge >= 0.3 is 0 Å². The number of halogens is 3. The molecule has 4 nitrogen and oxygen atoms in total. The number of fused-ring (bicyclic) bond motifs is 1. The highest BCUT2D eigenvalue weighted by Gasteiger charge is 2.05. The number of aromatic nitrogens is 3. The van der Waals surface area contributed by atoms with E-state index in [1.807, 2.05) is 35.0 Å². The zero-order valence-corrected chi connectivity index (χ0v) is 14.1. The summed E-state index contributed by atoms with van der Waals surface area (Å²) in [5.41, 5.74) is 2.82. The summed E-state index contributed by atoms with van der Waals surface area (Å²) in [5.74, 6) is 0. The van der Waals surface area contributed by atoms with Gasteiger partial charge in [-0.05, 0) is 50.1 Å². The molecular formula is C13H9Br2ClN4. The van der Waals surface area contributed by atoms with Crippen LogP contribution in [0.15, 0.2) is 45.9 Å². The Hall–Kier alpha value is -1.11. The molecule has 0 atom stereocenters. The van der Waals surface area contributed by atoms with E-state index in [2.05, 4.69) is 47.1 Å². The fraction of sp³-hybridized carbons (Fsp3) is 0.0769. The van der Waals surface area contributed by atoms with Gasteiger partial charge in [-0.25, -0.2) is 9.97 Å². The third-order valence-corrected chi connectivity index (χ3v) is 4.48. The number of nitrogens with zero attached hydrogens (tertiary/aromatic N) is 3. The van der Waals surface area contributed by atoms with Crippen LogP contribution in [0.4, 0.5) is 5.69 Å². The third-order valence-electron chi connectivity index (χ3n) is 2.83. The van der Waals surface area contributed by atoms with E-state index in [9.17, 15) is 0 Å². The number of rotatable bonds is 3. The molecule has 20 heavy (non-hydrogen) atoms. The average Bonchev–Trinajstić information content (AvgIpc) is 2.82. The lowest BCUT2D eigenvalue weighted by Gasteiger charge is -2.07. The van der Waals surface area contributed by atoms with E-state index in [0.717, 1.165) is 26.1 Å². The predicted molar refractivity (Wildman–Crippen MR) is 87.2 cm³/mol. The Morgan fingerprint density at radius 2 is 2.05 bits per heavy atom. The molecule has 0 aliphatic carbocycles. The summed E-state index contributed by atoms with van der Waals surface area (Å²) in [5, 5.41) is 4.01. The van der Waals surface area contributed by atoms with Gasteiger partial charge in [0.25, 0.3) is 0 Å². The molecule has 0 aliphatic heterocycles. The largest absolute Gasteiger partial charge is 0.379 e. The van der Waals surface area contributed by atoms with Crippen molar-refractivity contribution in [3.63, 3.8) is 0 Å². The van der Waals surface area contributed by atoms with Crippen LogP contribution < -0.4 is 5.32 Å². The van der Waals surface area contributed by atoms with Gasteiger partial charge in [0.2, 0.25) is 0 Å². The highest BCUT2D eigenvalue weighted by Crippen LogP contribution is 2.25. The summed E-state index contributed by atoms with van der Waals surface area (Å²) in [6.45, 7) is 0.648. The Morgan fingerprint density at radius 3 is 2.85 bits per heavy atom. The SMILES string of the molecule is Clc1cc(NCc2cnc3cnc(Br)cn23)ccc1Br. The highest BCUT2D eigenvalue weighted by atomic mass is 79.9. The molecule has 7 heteroatoms. The van der Waals surface area contributed by atoms with Crippen LogP contribution in [0.25, 0.3) is 5.65 Å². The highest BCUT2D eigenvalue weighted by molar-refractivity contribution is 9.10. The van der Waals surface area contributed by atoms with Gasteiger partial charge in [0.15, 0.2) is 5.65 Å². The molecule has 0 radical (unpaired) electrons. The summed E-state index contributed by atoms with van der Waals surface area (Å²) in [4.78, 5) is 8.46. The Kier molecular flexibility index (Phi) is 3.96. The van der Waals surface area contributed by atoms with Crippen molar-refractivity contribution in [2.75, 3.05) is 5.32 Å². The topological polar surface area (TPSA) is 42.2 Å². The van der Waals surface area contributed by atoms with Gasteiger partial charge < -0.3 is 5.32 Å². The second-order valence-electron chi connectivity index (χ2n) is 4.17. The second kappa shape index (κ2) is 5.71. The zero-order chi connectivity index (χ0) is 14.1. The van der Waals surface area contributed by atoms with E-state index >= 15 is 0 Å². The van der Waals surface area contributed by atoms with E-state index in [1.54, 1.807) is 6.20 Å². The summed E-state index contributed by atoms with van der Waals surface area (Å²) >= 11 is 12.8. The van der Waals surface area contributed by atoms with Crippen molar-refractivity contribution >= 4 is 54.8 Å². The lowest BCUT2D eigenvalue weighted by molar-refractivity contribution is 0.983. The molecule has 2 heterocycles. The number of imidazole rings is 1. The maximum absolute atomic E-state index is 6.07. The molecule has 2 aromatic heterocycles. The van der Waals surface area contributed by atoms with Gasteiger partial charge in [-0.1, -0.05) is 11.6 Å². The number of nitrogens with one attached hydrogen (secondary N) is 1. The number of hydrogen-bond acceptors (Lipinski definition) is 3. The van der Waals surface area contributed by atoms with Gasteiger partial charge in [-0.3, -0.25) is 4.40 Å². The lowest BCUT2D eigenvalue weighted by atomic mass is 10.3. The van der Waals surface area contributed by atoms with Crippen molar-refractivity contribution in [2.24, 2.45) is 0 Å². The Labute approximate surface area is 137 Å². The summed E-state index contributed by atoms with van der Waals surface area (Å²) in [6, 6.07) is 5.77. The molecule has 3 aromatic rings. The van der Waals surface area contributed by atoms with Crippen LogP contribution in [0.5, 0.6) is 0 Å². The molecule has 0 saturated carbocycles. The standard InChI is InChI=1S/C13H9Br2ClN4/c14-10-2-1-8(3-11(10)16)17-4-9-5-19-13-6-18-12(15)7-20(9)13/h1-3,5-7,17H,4H2. The quantitative estimate of drug-likeness (QED) is 0.683. The fourth-order valence-electron chi connectivity index (χ4n) is 1.85. The first-order valence-corrected chi connectivity index (χ1v) is 7.76. The van der Waals surface area contributed by atoms with Crippen LogP contribution in [0, 0.1) is 0 Å². The van der Waals surface area contributed by atoms with Crippen molar-refractivity contribution in [1.29, 1.82) is 0 Å². The molecule has 1 N–H and O–H groups in total. The third kappa shape index (κ3) is 2.82. The van der Waals surface area contributed by atoms with Crippen molar-refractivity contribution in [3.8, 4) is 0 Å². The Balaban J connectivity index is 1.83. The monoisotopic (exact) mass is 414 g/mol. The average molecular weight is 417 g/mol. The number of anilines is 1. The van der Waals surface area contributed by atoms with E-state index in [4.69, 9.17) is 11.6 Å². The zero-order valence-electron chi connectivity index (χ0n) is 10.1. The van der Waals surface area contributed by atoms with E-state index in [0.29, 0.717) is 11.6 Å². The van der Waals surface area contributed by atoms with Crippen LogP contribution >= 0.6 is 43.5 Å². The molecular weight excluding hydrogens is 407 g/mol. The lowest BCUT2D eigenvalue weighted by Crippen LogP contribution is -2.02. The van der Waals surface area contributed by atoms with Gasteiger partial charge in [-0.2, -0.15) is 0 Å². The van der Waals surface area contributed by atoms with E-state index in [-0.39, 0.29) is 0 Å². The number of hydrogen-bond donors (Lipinski definition) is 1. The molecule has 0 unspecified atom stereocenters. The molecule has 102 valence electrons. The number of benzene rings is 1.